The van der Waals surface area contributed by atoms with Gasteiger partial charge in [0.1, 0.15) is 12.6 Å². The number of hydrogen-bond donors (Lipinski definition) is 1. The largest absolute Gasteiger partial charge is 0.463 e. The zero-order chi connectivity index (χ0) is 15.4. The van der Waals surface area contributed by atoms with Crippen LogP contribution in [0.4, 0.5) is 5.69 Å². The highest BCUT2D eigenvalue weighted by atomic mass is 16.5. The van der Waals surface area contributed by atoms with E-state index in [1.165, 1.54) is 5.56 Å². The van der Waals surface area contributed by atoms with Gasteiger partial charge in [0.2, 0.25) is 5.91 Å². The summed E-state index contributed by atoms with van der Waals surface area (Å²) in [5.41, 5.74) is 3.07. The van der Waals surface area contributed by atoms with Gasteiger partial charge in [0.25, 0.3) is 0 Å². The molecule has 0 bridgehead atoms. The molecule has 21 heavy (non-hydrogen) atoms. The Bertz CT molecular complexity index is 542. The van der Waals surface area contributed by atoms with Gasteiger partial charge >= 0.3 is 5.97 Å². The number of rotatable bonds is 4. The lowest BCUT2D eigenvalue weighted by atomic mass is 10.1. The van der Waals surface area contributed by atoms with Crippen LogP contribution in [-0.4, -0.2) is 42.5 Å². The molecule has 0 radical (unpaired) electrons. The van der Waals surface area contributed by atoms with Crippen molar-refractivity contribution in [3.05, 3.63) is 29.3 Å². The molecular weight excluding hydrogens is 268 g/mol. The highest BCUT2D eigenvalue weighted by Crippen LogP contribution is 2.16. The molecule has 0 unspecified atom stereocenters. The van der Waals surface area contributed by atoms with Gasteiger partial charge in [-0.25, -0.2) is 0 Å². The number of amides is 1. The fraction of sp³-hybridized carbons (Fsp3) is 0.500. The molecular formula is C16H22N2O3. The Kier molecular flexibility index (Phi) is 4.96. The van der Waals surface area contributed by atoms with E-state index in [2.05, 4.69) is 5.32 Å². The van der Waals surface area contributed by atoms with Crippen LogP contribution in [0.2, 0.25) is 0 Å². The molecule has 0 saturated carbocycles. The molecule has 1 saturated heterocycles. The Labute approximate surface area is 125 Å². The number of nitrogens with one attached hydrogen (secondary N) is 1. The topological polar surface area (TPSA) is 58.6 Å². The molecule has 114 valence electrons. The van der Waals surface area contributed by atoms with Crippen molar-refractivity contribution >= 4 is 17.6 Å². The first-order valence-electron chi connectivity index (χ1n) is 7.29. The molecule has 1 heterocycles. The Hall–Kier alpha value is -1.88. The maximum absolute atomic E-state index is 12.1. The van der Waals surface area contributed by atoms with E-state index in [1.54, 1.807) is 0 Å². The van der Waals surface area contributed by atoms with Gasteiger partial charge in [-0.3, -0.25) is 14.5 Å². The molecule has 5 heteroatoms. The summed E-state index contributed by atoms with van der Waals surface area (Å²) in [6, 6.07) is 5.30. The number of morpholine rings is 1. The number of ether oxygens (including phenoxy) is 1. The summed E-state index contributed by atoms with van der Waals surface area (Å²) < 4.78 is 5.05. The van der Waals surface area contributed by atoms with Gasteiger partial charge in [-0.2, -0.15) is 0 Å². The molecule has 1 atom stereocenters. The average molecular weight is 290 g/mol. The Balaban J connectivity index is 1.99. The zero-order valence-electron chi connectivity index (χ0n) is 12.8. The second-order valence-corrected chi connectivity index (χ2v) is 5.36. The molecule has 1 aromatic rings. The molecule has 0 aromatic heterocycles. The normalized spacial score (nSPS) is 19.2. The smallest absolute Gasteiger partial charge is 0.323 e. The van der Waals surface area contributed by atoms with Crippen LogP contribution in [0.5, 0.6) is 0 Å². The maximum Gasteiger partial charge on any atom is 0.323 e. The first kappa shape index (κ1) is 15.5. The lowest BCUT2D eigenvalue weighted by molar-refractivity contribution is -0.158. The number of aryl methyl sites for hydroxylation is 2. The number of cyclic esters (lactones) is 1. The van der Waals surface area contributed by atoms with E-state index in [0.29, 0.717) is 13.2 Å². The molecule has 2 rings (SSSR count). The zero-order valence-corrected chi connectivity index (χ0v) is 12.8. The lowest BCUT2D eigenvalue weighted by Crippen LogP contribution is -2.50. The van der Waals surface area contributed by atoms with Crippen LogP contribution in [0, 0.1) is 13.8 Å². The summed E-state index contributed by atoms with van der Waals surface area (Å²) in [6.07, 6.45) is 0.125. The molecule has 1 aromatic carbocycles. The summed E-state index contributed by atoms with van der Waals surface area (Å²) >= 11 is 0. The Morgan fingerprint density at radius 1 is 1.38 bits per heavy atom. The fourth-order valence-corrected chi connectivity index (χ4v) is 2.46. The predicted octanol–water partition coefficient (Wildman–Crippen LogP) is 1.88. The van der Waals surface area contributed by atoms with Crippen LogP contribution >= 0.6 is 0 Å². The van der Waals surface area contributed by atoms with Crippen LogP contribution in [0.25, 0.3) is 0 Å². The number of benzene rings is 1. The Morgan fingerprint density at radius 2 is 2.14 bits per heavy atom. The second kappa shape index (κ2) is 6.72. The van der Waals surface area contributed by atoms with Gasteiger partial charge in [-0.1, -0.05) is 13.0 Å². The van der Waals surface area contributed by atoms with Crippen molar-refractivity contribution in [1.29, 1.82) is 0 Å². The standard InChI is InChI=1S/C16H22N2O3/c1-4-18-7-8-21-16(20)14(18)10-15(19)17-13-6-5-11(2)12(3)9-13/h5-6,9,14H,4,7-8,10H2,1-3H3,(H,17,19)/t14-/m0/s1. The number of nitrogens with zero attached hydrogens (tertiary/aromatic N) is 1. The summed E-state index contributed by atoms with van der Waals surface area (Å²) in [6.45, 7) is 7.83. The van der Waals surface area contributed by atoms with Crippen LogP contribution in [-0.2, 0) is 14.3 Å². The summed E-state index contributed by atoms with van der Waals surface area (Å²) in [7, 11) is 0. The second-order valence-electron chi connectivity index (χ2n) is 5.36. The minimum Gasteiger partial charge on any atom is -0.463 e. The van der Waals surface area contributed by atoms with Crippen molar-refractivity contribution in [1.82, 2.24) is 4.90 Å². The molecule has 1 aliphatic rings. The van der Waals surface area contributed by atoms with Crippen LogP contribution < -0.4 is 5.32 Å². The van der Waals surface area contributed by atoms with E-state index in [0.717, 1.165) is 17.8 Å². The van der Waals surface area contributed by atoms with E-state index >= 15 is 0 Å². The summed E-state index contributed by atoms with van der Waals surface area (Å²) in [4.78, 5) is 25.9. The third-order valence-electron chi connectivity index (χ3n) is 3.91. The van der Waals surface area contributed by atoms with Gasteiger partial charge in [0.15, 0.2) is 0 Å². The quantitative estimate of drug-likeness (QED) is 0.860. The monoisotopic (exact) mass is 290 g/mol. The highest BCUT2D eigenvalue weighted by Gasteiger charge is 2.32. The minimum atomic E-state index is -0.477. The molecule has 1 amide bonds. The van der Waals surface area contributed by atoms with E-state index in [4.69, 9.17) is 4.74 Å². The van der Waals surface area contributed by atoms with Crippen molar-refractivity contribution in [2.75, 3.05) is 25.0 Å². The maximum atomic E-state index is 12.1. The minimum absolute atomic E-state index is 0.125. The van der Waals surface area contributed by atoms with Gasteiger partial charge in [0, 0.05) is 12.2 Å². The third-order valence-corrected chi connectivity index (χ3v) is 3.91. The van der Waals surface area contributed by atoms with E-state index in [1.807, 2.05) is 43.9 Å². The van der Waals surface area contributed by atoms with Crippen LogP contribution in [0.15, 0.2) is 18.2 Å². The van der Waals surface area contributed by atoms with Crippen LogP contribution in [0.1, 0.15) is 24.5 Å². The molecule has 5 nitrogen and oxygen atoms in total. The van der Waals surface area contributed by atoms with E-state index in [9.17, 15) is 9.59 Å². The lowest BCUT2D eigenvalue weighted by Gasteiger charge is -2.32. The number of carbonyl (C=O) groups excluding carboxylic acids is 2. The number of esters is 1. The number of carbonyl (C=O) groups is 2. The number of hydrogen-bond acceptors (Lipinski definition) is 4. The van der Waals surface area contributed by atoms with E-state index < -0.39 is 6.04 Å². The van der Waals surface area contributed by atoms with Crippen molar-refractivity contribution in [3.63, 3.8) is 0 Å². The number of anilines is 1. The van der Waals surface area contributed by atoms with Gasteiger partial charge in [-0.05, 0) is 43.7 Å². The first-order valence-corrected chi connectivity index (χ1v) is 7.29. The summed E-state index contributed by atoms with van der Waals surface area (Å²) in [5, 5.41) is 2.85. The van der Waals surface area contributed by atoms with Gasteiger partial charge in [-0.15, -0.1) is 0 Å². The molecule has 1 N–H and O–H groups in total. The van der Waals surface area contributed by atoms with Crippen molar-refractivity contribution in [2.24, 2.45) is 0 Å². The Morgan fingerprint density at radius 3 is 2.81 bits per heavy atom. The van der Waals surface area contributed by atoms with Crippen LogP contribution in [0.3, 0.4) is 0 Å². The first-order chi connectivity index (χ1) is 10.0. The SMILES string of the molecule is CCN1CCOC(=O)[C@@H]1CC(=O)Nc1ccc(C)c(C)c1. The average Bonchev–Trinajstić information content (AvgIpc) is 2.45. The van der Waals surface area contributed by atoms with Gasteiger partial charge in [0.05, 0.1) is 6.42 Å². The third kappa shape index (κ3) is 3.82. The van der Waals surface area contributed by atoms with E-state index in [-0.39, 0.29) is 18.3 Å². The highest BCUT2D eigenvalue weighted by molar-refractivity contribution is 5.94. The molecule has 1 aliphatic heterocycles. The van der Waals surface area contributed by atoms with Gasteiger partial charge < -0.3 is 10.1 Å². The number of likely N-dealkylation sites (N-methyl/N-ethyl adjacent to an activating group) is 1. The predicted molar refractivity (Wildman–Crippen MR) is 81.2 cm³/mol. The van der Waals surface area contributed by atoms with Crippen molar-refractivity contribution in [3.8, 4) is 0 Å². The fourth-order valence-electron chi connectivity index (χ4n) is 2.46. The van der Waals surface area contributed by atoms with Crippen molar-refractivity contribution < 1.29 is 14.3 Å². The molecule has 1 fully saturated rings. The summed E-state index contributed by atoms with van der Waals surface area (Å²) in [5.74, 6) is -0.473. The molecule has 0 aliphatic carbocycles. The molecule has 0 spiro atoms. The van der Waals surface area contributed by atoms with Crippen molar-refractivity contribution in [2.45, 2.75) is 33.2 Å².